The van der Waals surface area contributed by atoms with Crippen LogP contribution in [-0.4, -0.2) is 61.6 Å². The minimum atomic E-state index is -3.56. The van der Waals surface area contributed by atoms with Gasteiger partial charge in [-0.25, -0.2) is 8.42 Å². The van der Waals surface area contributed by atoms with E-state index in [0.717, 1.165) is 11.4 Å². The van der Waals surface area contributed by atoms with Crippen molar-refractivity contribution in [3.63, 3.8) is 0 Å². The van der Waals surface area contributed by atoms with Crippen molar-refractivity contribution < 1.29 is 17.9 Å². The SMILES string of the molecule is CC(C)Cc1nnc(NCC(=O)c2ccc(S(=O)(=O)N3CCOCC3)cc2)s1. The highest BCUT2D eigenvalue weighted by molar-refractivity contribution is 7.89. The summed E-state index contributed by atoms with van der Waals surface area (Å²) >= 11 is 1.44. The van der Waals surface area contributed by atoms with E-state index in [4.69, 9.17) is 4.74 Å². The summed E-state index contributed by atoms with van der Waals surface area (Å²) in [6, 6.07) is 6.04. The van der Waals surface area contributed by atoms with Crippen LogP contribution >= 0.6 is 11.3 Å². The van der Waals surface area contributed by atoms with Gasteiger partial charge in [0.1, 0.15) is 5.01 Å². The molecule has 3 rings (SSSR count). The van der Waals surface area contributed by atoms with E-state index < -0.39 is 10.0 Å². The number of benzene rings is 1. The number of morpholine rings is 1. The average Bonchev–Trinajstić information content (AvgIpc) is 3.13. The molecule has 1 aliphatic heterocycles. The van der Waals surface area contributed by atoms with Gasteiger partial charge in [0.15, 0.2) is 5.78 Å². The first-order valence-corrected chi connectivity index (χ1v) is 11.4. The maximum atomic E-state index is 12.6. The molecule has 0 saturated carbocycles. The Morgan fingerprint density at radius 2 is 1.89 bits per heavy atom. The van der Waals surface area contributed by atoms with Gasteiger partial charge in [-0.15, -0.1) is 10.2 Å². The van der Waals surface area contributed by atoms with E-state index in [1.165, 1.54) is 27.8 Å². The van der Waals surface area contributed by atoms with Crippen molar-refractivity contribution in [3.05, 3.63) is 34.8 Å². The van der Waals surface area contributed by atoms with Crippen molar-refractivity contribution in [2.24, 2.45) is 5.92 Å². The number of nitrogens with zero attached hydrogens (tertiary/aromatic N) is 3. The molecule has 8 nitrogen and oxygen atoms in total. The first-order chi connectivity index (χ1) is 13.4. The summed E-state index contributed by atoms with van der Waals surface area (Å²) in [7, 11) is -3.56. The van der Waals surface area contributed by atoms with Crippen LogP contribution in [0.2, 0.25) is 0 Å². The van der Waals surface area contributed by atoms with Crippen LogP contribution in [0.3, 0.4) is 0 Å². The topological polar surface area (TPSA) is 101 Å². The normalized spacial score (nSPS) is 15.7. The summed E-state index contributed by atoms with van der Waals surface area (Å²) in [5.74, 6) is 0.352. The molecule has 152 valence electrons. The molecule has 0 spiro atoms. The smallest absolute Gasteiger partial charge is 0.243 e. The second kappa shape index (κ2) is 9.08. The molecule has 0 bridgehead atoms. The molecule has 1 N–H and O–H groups in total. The Balaban J connectivity index is 1.59. The number of anilines is 1. The molecule has 10 heteroatoms. The van der Waals surface area contributed by atoms with Gasteiger partial charge in [-0.3, -0.25) is 4.79 Å². The lowest BCUT2D eigenvalue weighted by atomic mass is 10.1. The Labute approximate surface area is 169 Å². The summed E-state index contributed by atoms with van der Waals surface area (Å²) in [5, 5.41) is 12.7. The number of ketones is 1. The number of nitrogens with one attached hydrogen (secondary N) is 1. The largest absolute Gasteiger partial charge is 0.379 e. The van der Waals surface area contributed by atoms with Crippen LogP contribution in [0, 0.1) is 5.92 Å². The third kappa shape index (κ3) is 5.13. The van der Waals surface area contributed by atoms with E-state index >= 15 is 0 Å². The van der Waals surface area contributed by atoms with Crippen molar-refractivity contribution in [2.45, 2.75) is 25.2 Å². The van der Waals surface area contributed by atoms with Crippen LogP contribution in [0.25, 0.3) is 0 Å². The zero-order chi connectivity index (χ0) is 20.1. The third-order valence-corrected chi connectivity index (χ3v) is 7.05. The van der Waals surface area contributed by atoms with Gasteiger partial charge in [0.2, 0.25) is 15.2 Å². The van der Waals surface area contributed by atoms with Crippen LogP contribution in [-0.2, 0) is 21.2 Å². The molecule has 1 aromatic carbocycles. The average molecular weight is 425 g/mol. The van der Waals surface area contributed by atoms with Gasteiger partial charge in [-0.05, 0) is 30.2 Å². The summed E-state index contributed by atoms with van der Waals surface area (Å²) < 4.78 is 31.8. The lowest BCUT2D eigenvalue weighted by Gasteiger charge is -2.26. The Morgan fingerprint density at radius 3 is 2.54 bits per heavy atom. The number of carbonyl (C=O) groups excluding carboxylic acids is 1. The van der Waals surface area contributed by atoms with Crippen LogP contribution in [0.15, 0.2) is 29.2 Å². The van der Waals surface area contributed by atoms with Gasteiger partial charge in [-0.1, -0.05) is 25.2 Å². The standard InChI is InChI=1S/C18H24N4O4S2/c1-13(2)11-17-20-21-18(27-17)19-12-16(23)14-3-5-15(6-4-14)28(24,25)22-7-9-26-10-8-22/h3-6,13H,7-12H2,1-2H3,(H,19,21). The predicted octanol–water partition coefficient (Wildman–Crippen LogP) is 2.05. The van der Waals surface area contributed by atoms with E-state index in [2.05, 4.69) is 29.4 Å². The van der Waals surface area contributed by atoms with Crippen molar-refractivity contribution in [1.82, 2.24) is 14.5 Å². The minimum absolute atomic E-state index is 0.0753. The summed E-state index contributed by atoms with van der Waals surface area (Å²) in [6.07, 6.45) is 0.854. The number of Topliss-reactive ketones (excluding diaryl/α,β-unsaturated/α-hetero) is 1. The molecule has 0 atom stereocenters. The van der Waals surface area contributed by atoms with E-state index in [1.807, 2.05) is 0 Å². The predicted molar refractivity (Wildman–Crippen MR) is 107 cm³/mol. The first kappa shape index (κ1) is 20.8. The number of ether oxygens (including phenoxy) is 1. The lowest BCUT2D eigenvalue weighted by molar-refractivity contribution is 0.0730. The van der Waals surface area contributed by atoms with Crippen LogP contribution in [0.4, 0.5) is 5.13 Å². The number of hydrogen-bond donors (Lipinski definition) is 1. The molecule has 2 aromatic rings. The van der Waals surface area contributed by atoms with Crippen molar-refractivity contribution in [3.8, 4) is 0 Å². The second-order valence-electron chi connectivity index (χ2n) is 6.92. The summed E-state index contributed by atoms with van der Waals surface area (Å²) in [4.78, 5) is 12.6. The van der Waals surface area contributed by atoms with Crippen molar-refractivity contribution in [1.29, 1.82) is 0 Å². The Morgan fingerprint density at radius 1 is 1.21 bits per heavy atom. The molecule has 0 unspecified atom stereocenters. The monoisotopic (exact) mass is 424 g/mol. The van der Waals surface area contributed by atoms with Gasteiger partial charge >= 0.3 is 0 Å². The molecule has 0 radical (unpaired) electrons. The van der Waals surface area contributed by atoms with Gasteiger partial charge < -0.3 is 10.1 Å². The van der Waals surface area contributed by atoms with Gasteiger partial charge in [0.25, 0.3) is 0 Å². The Kier molecular flexibility index (Phi) is 6.76. The van der Waals surface area contributed by atoms with Crippen molar-refractivity contribution in [2.75, 3.05) is 38.2 Å². The Bertz CT molecular complexity index is 904. The molecule has 2 heterocycles. The second-order valence-corrected chi connectivity index (χ2v) is 9.92. The number of rotatable bonds is 8. The van der Waals surface area contributed by atoms with Crippen LogP contribution in [0.5, 0.6) is 0 Å². The highest BCUT2D eigenvalue weighted by Gasteiger charge is 2.26. The zero-order valence-electron chi connectivity index (χ0n) is 15.9. The highest BCUT2D eigenvalue weighted by atomic mass is 32.2. The van der Waals surface area contributed by atoms with E-state index in [-0.39, 0.29) is 17.2 Å². The summed E-state index contributed by atoms with van der Waals surface area (Å²) in [6.45, 7) is 5.77. The molecular formula is C18H24N4O4S2. The number of aromatic nitrogens is 2. The zero-order valence-corrected chi connectivity index (χ0v) is 17.6. The molecule has 1 aromatic heterocycles. The first-order valence-electron chi connectivity index (χ1n) is 9.13. The van der Waals surface area contributed by atoms with Crippen LogP contribution < -0.4 is 5.32 Å². The van der Waals surface area contributed by atoms with E-state index in [1.54, 1.807) is 12.1 Å². The van der Waals surface area contributed by atoms with E-state index in [9.17, 15) is 13.2 Å². The van der Waals surface area contributed by atoms with Crippen molar-refractivity contribution >= 4 is 32.3 Å². The summed E-state index contributed by atoms with van der Waals surface area (Å²) in [5.41, 5.74) is 0.445. The lowest BCUT2D eigenvalue weighted by Crippen LogP contribution is -2.40. The molecule has 0 amide bonds. The molecule has 1 saturated heterocycles. The molecule has 1 fully saturated rings. The quantitative estimate of drug-likeness (QED) is 0.647. The highest BCUT2D eigenvalue weighted by Crippen LogP contribution is 2.20. The minimum Gasteiger partial charge on any atom is -0.379 e. The van der Waals surface area contributed by atoms with E-state index in [0.29, 0.717) is 42.9 Å². The molecule has 1 aliphatic rings. The van der Waals surface area contributed by atoms with Gasteiger partial charge in [0, 0.05) is 25.1 Å². The number of carbonyl (C=O) groups is 1. The van der Waals surface area contributed by atoms with Gasteiger partial charge in [0.05, 0.1) is 24.7 Å². The van der Waals surface area contributed by atoms with Gasteiger partial charge in [-0.2, -0.15) is 4.31 Å². The maximum absolute atomic E-state index is 12.6. The van der Waals surface area contributed by atoms with Crippen LogP contribution in [0.1, 0.15) is 29.2 Å². The fourth-order valence-electron chi connectivity index (χ4n) is 2.76. The number of hydrogen-bond acceptors (Lipinski definition) is 8. The Hall–Kier alpha value is -1.88. The maximum Gasteiger partial charge on any atom is 0.243 e. The fraction of sp³-hybridized carbons (Fsp3) is 0.500. The fourth-order valence-corrected chi connectivity index (χ4v) is 5.12. The molecule has 0 aliphatic carbocycles. The number of sulfonamides is 1. The molecule has 28 heavy (non-hydrogen) atoms. The third-order valence-electron chi connectivity index (χ3n) is 4.23. The molecular weight excluding hydrogens is 400 g/mol.